The molecular formula is C25H23N7O3S. The van der Waals surface area contributed by atoms with Gasteiger partial charge in [0.05, 0.1) is 35.3 Å². The number of hydrogen-bond donors (Lipinski definition) is 2. The number of rotatable bonds is 3. The van der Waals surface area contributed by atoms with Gasteiger partial charge in [0.1, 0.15) is 6.04 Å². The van der Waals surface area contributed by atoms with E-state index in [1.165, 1.54) is 21.1 Å². The summed E-state index contributed by atoms with van der Waals surface area (Å²) in [6.07, 6.45) is 0. The first-order chi connectivity index (χ1) is 17.3. The Morgan fingerprint density at radius 3 is 2.67 bits per heavy atom. The molecular weight excluding hydrogens is 478 g/mol. The Kier molecular flexibility index (Phi) is 6.12. The van der Waals surface area contributed by atoms with Crippen LogP contribution in [0, 0.1) is 25.2 Å². The standard InChI is InChI=1S/C25H23N7O3S/c1-14-8-18(9-15(2)28-14)22-21(17-5-3-4-16(10-17)11-26)29-24(36-22)30-25(35)31-6-7-32-19(13-31)23(34)27-12-20(32)33/h3-5,8-10,19H,6-7,12-13H2,1-2H3,(H,27,34)(H,29,30,35). The SMILES string of the molecule is Cc1cc(-c2sc(NC(=O)N3CCN4C(=O)CNC(=O)C4C3)nc2-c2cccc(C#N)c2)cc(C)n1. The lowest BCUT2D eigenvalue weighted by Crippen LogP contribution is -2.66. The van der Waals surface area contributed by atoms with Gasteiger partial charge in [-0.2, -0.15) is 5.26 Å². The molecule has 0 saturated carbocycles. The van der Waals surface area contributed by atoms with E-state index >= 15 is 0 Å². The first kappa shape index (κ1) is 23.4. The number of anilines is 1. The van der Waals surface area contributed by atoms with E-state index < -0.39 is 6.04 Å². The van der Waals surface area contributed by atoms with Gasteiger partial charge in [0.2, 0.25) is 11.8 Å². The molecule has 0 spiro atoms. The van der Waals surface area contributed by atoms with Gasteiger partial charge in [-0.1, -0.05) is 23.5 Å². The van der Waals surface area contributed by atoms with Crippen LogP contribution in [-0.4, -0.2) is 69.8 Å². The fourth-order valence-electron chi connectivity index (χ4n) is 4.51. The number of hydrogen-bond acceptors (Lipinski definition) is 7. The molecule has 4 amide bonds. The number of aromatic nitrogens is 2. The van der Waals surface area contributed by atoms with E-state index in [0.717, 1.165) is 27.4 Å². The van der Waals surface area contributed by atoms with E-state index in [4.69, 9.17) is 4.98 Å². The minimum atomic E-state index is -0.690. The van der Waals surface area contributed by atoms with Crippen molar-refractivity contribution in [2.75, 3.05) is 31.5 Å². The predicted molar refractivity (Wildman–Crippen MR) is 134 cm³/mol. The molecule has 3 aromatic rings. The van der Waals surface area contributed by atoms with Crippen molar-refractivity contribution in [3.05, 3.63) is 53.3 Å². The summed E-state index contributed by atoms with van der Waals surface area (Å²) in [5.74, 6) is -0.400. The first-order valence-electron chi connectivity index (χ1n) is 11.4. The normalized spacial score (nSPS) is 17.3. The molecule has 2 aliphatic heterocycles. The molecule has 36 heavy (non-hydrogen) atoms. The molecule has 1 atom stereocenters. The Bertz CT molecular complexity index is 1410. The van der Waals surface area contributed by atoms with Gasteiger partial charge in [0, 0.05) is 30.0 Å². The Morgan fingerprint density at radius 1 is 1.14 bits per heavy atom. The highest BCUT2D eigenvalue weighted by atomic mass is 32.1. The number of nitrogens with one attached hydrogen (secondary N) is 2. The maximum Gasteiger partial charge on any atom is 0.323 e. The van der Waals surface area contributed by atoms with Crippen molar-refractivity contribution in [1.82, 2.24) is 25.1 Å². The number of thiazole rings is 1. The van der Waals surface area contributed by atoms with Crippen molar-refractivity contribution in [2.45, 2.75) is 19.9 Å². The van der Waals surface area contributed by atoms with Gasteiger partial charge in [0.15, 0.2) is 5.13 Å². The molecule has 182 valence electrons. The van der Waals surface area contributed by atoms with E-state index in [1.54, 1.807) is 18.2 Å². The van der Waals surface area contributed by atoms with Gasteiger partial charge in [-0.25, -0.2) is 9.78 Å². The van der Waals surface area contributed by atoms with E-state index in [2.05, 4.69) is 21.7 Å². The minimum Gasteiger partial charge on any atom is -0.345 e. The Morgan fingerprint density at radius 2 is 1.92 bits per heavy atom. The average molecular weight is 502 g/mol. The number of fused-ring (bicyclic) bond motifs is 1. The zero-order valence-electron chi connectivity index (χ0n) is 19.7. The summed E-state index contributed by atoms with van der Waals surface area (Å²) in [4.78, 5) is 50.6. The summed E-state index contributed by atoms with van der Waals surface area (Å²) < 4.78 is 0. The van der Waals surface area contributed by atoms with E-state index in [-0.39, 0.29) is 30.9 Å². The number of nitrogens with zero attached hydrogens (tertiary/aromatic N) is 5. The highest BCUT2D eigenvalue weighted by Gasteiger charge is 2.40. The van der Waals surface area contributed by atoms with E-state index in [0.29, 0.717) is 29.5 Å². The quantitative estimate of drug-likeness (QED) is 0.567. The first-order valence-corrected chi connectivity index (χ1v) is 12.2. The fraction of sp³-hybridized carbons (Fsp3) is 0.280. The Hall–Kier alpha value is -4.30. The predicted octanol–water partition coefficient (Wildman–Crippen LogP) is 2.54. The van der Waals surface area contributed by atoms with Crippen molar-refractivity contribution in [3.63, 3.8) is 0 Å². The maximum atomic E-state index is 13.1. The molecule has 4 heterocycles. The highest BCUT2D eigenvalue weighted by molar-refractivity contribution is 7.19. The third-order valence-corrected chi connectivity index (χ3v) is 7.17. The second-order valence-electron chi connectivity index (χ2n) is 8.72. The van der Waals surface area contributed by atoms with E-state index in [9.17, 15) is 19.6 Å². The summed E-state index contributed by atoms with van der Waals surface area (Å²) in [5.41, 5.74) is 4.56. The van der Waals surface area contributed by atoms with Crippen LogP contribution >= 0.6 is 11.3 Å². The fourth-order valence-corrected chi connectivity index (χ4v) is 5.47. The molecule has 0 bridgehead atoms. The number of benzene rings is 1. The van der Waals surface area contributed by atoms with Gasteiger partial charge in [-0.3, -0.25) is 19.9 Å². The molecule has 11 heteroatoms. The molecule has 0 radical (unpaired) electrons. The summed E-state index contributed by atoms with van der Waals surface area (Å²) in [6, 6.07) is 12.2. The summed E-state index contributed by atoms with van der Waals surface area (Å²) in [7, 11) is 0. The van der Waals surface area contributed by atoms with Gasteiger partial charge in [0.25, 0.3) is 0 Å². The Balaban J connectivity index is 1.45. The van der Waals surface area contributed by atoms with Crippen molar-refractivity contribution >= 4 is 34.3 Å². The number of carbonyl (C=O) groups excluding carboxylic acids is 3. The lowest BCUT2D eigenvalue weighted by atomic mass is 10.0. The van der Waals surface area contributed by atoms with Crippen LogP contribution in [0.1, 0.15) is 17.0 Å². The van der Waals surface area contributed by atoms with Crippen molar-refractivity contribution < 1.29 is 14.4 Å². The molecule has 10 nitrogen and oxygen atoms in total. The molecule has 2 aromatic heterocycles. The van der Waals surface area contributed by atoms with Crippen LogP contribution in [0.3, 0.4) is 0 Å². The molecule has 5 rings (SSSR count). The average Bonchev–Trinajstić information content (AvgIpc) is 3.29. The number of aryl methyl sites for hydroxylation is 2. The number of nitriles is 1. The lowest BCUT2D eigenvalue weighted by Gasteiger charge is -2.42. The smallest absolute Gasteiger partial charge is 0.323 e. The molecule has 1 aromatic carbocycles. The van der Waals surface area contributed by atoms with Crippen LogP contribution in [-0.2, 0) is 9.59 Å². The third-order valence-electron chi connectivity index (χ3n) is 6.15. The van der Waals surface area contributed by atoms with Crippen LogP contribution in [0.25, 0.3) is 21.7 Å². The molecule has 2 aliphatic rings. The summed E-state index contributed by atoms with van der Waals surface area (Å²) >= 11 is 1.33. The minimum absolute atomic E-state index is 0.00679. The lowest BCUT2D eigenvalue weighted by molar-refractivity contribution is -0.148. The van der Waals surface area contributed by atoms with Crippen LogP contribution in [0.5, 0.6) is 0 Å². The second kappa shape index (κ2) is 9.39. The van der Waals surface area contributed by atoms with Crippen LogP contribution in [0.15, 0.2) is 36.4 Å². The van der Waals surface area contributed by atoms with Crippen LogP contribution in [0.2, 0.25) is 0 Å². The van der Waals surface area contributed by atoms with Gasteiger partial charge >= 0.3 is 6.03 Å². The maximum absolute atomic E-state index is 13.1. The number of urea groups is 1. The number of piperazine rings is 2. The number of amides is 4. The molecule has 0 aliphatic carbocycles. The molecule has 1 unspecified atom stereocenters. The molecule has 2 saturated heterocycles. The second-order valence-corrected chi connectivity index (χ2v) is 9.72. The Labute approximate surface area is 211 Å². The monoisotopic (exact) mass is 501 g/mol. The number of pyridine rings is 1. The zero-order valence-corrected chi connectivity index (χ0v) is 20.6. The third kappa shape index (κ3) is 4.50. The van der Waals surface area contributed by atoms with Crippen molar-refractivity contribution in [2.24, 2.45) is 0 Å². The zero-order chi connectivity index (χ0) is 25.4. The van der Waals surface area contributed by atoms with E-state index in [1.807, 2.05) is 32.0 Å². The summed E-state index contributed by atoms with van der Waals surface area (Å²) in [5, 5.41) is 15.2. The summed E-state index contributed by atoms with van der Waals surface area (Å²) in [6.45, 7) is 4.56. The van der Waals surface area contributed by atoms with Gasteiger partial charge in [-0.15, -0.1) is 0 Å². The van der Waals surface area contributed by atoms with Gasteiger partial charge in [-0.05, 0) is 43.7 Å². The van der Waals surface area contributed by atoms with Gasteiger partial charge < -0.3 is 15.1 Å². The van der Waals surface area contributed by atoms with Crippen LogP contribution < -0.4 is 10.6 Å². The number of carbonyl (C=O) groups is 3. The molecule has 2 N–H and O–H groups in total. The van der Waals surface area contributed by atoms with Crippen molar-refractivity contribution in [3.8, 4) is 27.8 Å². The van der Waals surface area contributed by atoms with Crippen molar-refractivity contribution in [1.29, 1.82) is 5.26 Å². The van der Waals surface area contributed by atoms with Crippen LogP contribution in [0.4, 0.5) is 9.93 Å². The highest BCUT2D eigenvalue weighted by Crippen LogP contribution is 2.39. The molecule has 2 fully saturated rings. The topological polar surface area (TPSA) is 131 Å². The largest absolute Gasteiger partial charge is 0.345 e.